The number of nitrogens with two attached hydrogens (primary N) is 2. The highest BCUT2D eigenvalue weighted by Gasteiger charge is 2.44. The van der Waals surface area contributed by atoms with E-state index in [1.165, 1.54) is 17.3 Å². The Balaban J connectivity index is 1.36. The number of alkyl halides is 3. The number of likely N-dealkylation sites (N-methyl/N-ethyl adjacent to an activating group) is 1. The summed E-state index contributed by atoms with van der Waals surface area (Å²) in [5.74, 6) is -2.26. The third-order valence-corrected chi connectivity index (χ3v) is 7.17. The molecule has 0 aromatic carbocycles. The monoisotopic (exact) mass is 532 g/mol. The summed E-state index contributed by atoms with van der Waals surface area (Å²) in [7, 11) is 2.10. The van der Waals surface area contributed by atoms with E-state index in [1.54, 1.807) is 12.3 Å². The zero-order chi connectivity index (χ0) is 27.0. The first-order chi connectivity index (χ1) is 18.1. The fourth-order valence-electron chi connectivity index (χ4n) is 5.12. The van der Waals surface area contributed by atoms with Crippen molar-refractivity contribution in [2.45, 2.75) is 25.2 Å². The van der Waals surface area contributed by atoms with Gasteiger partial charge in [0.15, 0.2) is 5.58 Å². The molecule has 2 aliphatic rings. The Hall–Kier alpha value is -3.42. The summed E-state index contributed by atoms with van der Waals surface area (Å²) in [6.07, 6.45) is 0.0294. The lowest BCUT2D eigenvalue weighted by atomic mass is 9.93. The number of rotatable bonds is 5. The average molecular weight is 533 g/mol. The molecule has 2 unspecified atom stereocenters. The highest BCUT2D eigenvalue weighted by molar-refractivity contribution is 6.15. The molecule has 2 saturated heterocycles. The normalized spacial score (nSPS) is 21.7. The number of anilines is 3. The summed E-state index contributed by atoms with van der Waals surface area (Å²) in [6.45, 7) is 4.53. The number of piperazine rings is 1. The van der Waals surface area contributed by atoms with E-state index in [1.807, 2.05) is 6.07 Å². The smallest absolute Gasteiger partial charge is 0.393 e. The van der Waals surface area contributed by atoms with Crippen molar-refractivity contribution < 1.29 is 22.4 Å². The Morgan fingerprint density at radius 1 is 1.21 bits per heavy atom. The third-order valence-electron chi connectivity index (χ3n) is 7.17. The van der Waals surface area contributed by atoms with Crippen molar-refractivity contribution in [2.75, 3.05) is 62.3 Å². The van der Waals surface area contributed by atoms with Crippen LogP contribution in [0.25, 0.3) is 11.1 Å². The van der Waals surface area contributed by atoms with Crippen molar-refractivity contribution in [3.05, 3.63) is 41.9 Å². The van der Waals surface area contributed by atoms with Crippen LogP contribution in [0.1, 0.15) is 22.3 Å². The van der Waals surface area contributed by atoms with Crippen molar-refractivity contribution in [3.8, 4) is 0 Å². The highest BCUT2D eigenvalue weighted by Crippen LogP contribution is 2.37. The Labute approximate surface area is 217 Å². The number of hydrogen-bond donors (Lipinski definition) is 3. The molecule has 0 saturated carbocycles. The number of aromatic nitrogens is 2. The van der Waals surface area contributed by atoms with Gasteiger partial charge in [0.1, 0.15) is 11.1 Å². The highest BCUT2D eigenvalue weighted by atomic mass is 19.4. The van der Waals surface area contributed by atoms with E-state index in [0.717, 1.165) is 31.7 Å². The van der Waals surface area contributed by atoms with Crippen LogP contribution >= 0.6 is 0 Å². The van der Waals surface area contributed by atoms with Gasteiger partial charge in [0.05, 0.1) is 23.5 Å². The lowest BCUT2D eigenvalue weighted by Gasteiger charge is -2.39. The zero-order valence-electron chi connectivity index (χ0n) is 21.0. The maximum absolute atomic E-state index is 13.5. The number of carbonyl (C=O) groups excluding carboxylic acids is 1. The molecule has 0 radical (unpaired) electrons. The number of nitrogen functional groups attached to an aromatic ring is 1. The van der Waals surface area contributed by atoms with E-state index >= 15 is 0 Å². The first-order valence-electron chi connectivity index (χ1n) is 12.5. The van der Waals surface area contributed by atoms with Gasteiger partial charge in [-0.1, -0.05) is 0 Å². The molecule has 0 spiro atoms. The second kappa shape index (κ2) is 10.4. The van der Waals surface area contributed by atoms with Gasteiger partial charge in [0.2, 0.25) is 5.88 Å². The van der Waals surface area contributed by atoms with Crippen molar-refractivity contribution >= 4 is 34.3 Å². The Morgan fingerprint density at radius 3 is 2.71 bits per heavy atom. The number of hydrogen-bond acceptors (Lipinski definition) is 9. The topological polar surface area (TPSA) is 130 Å². The van der Waals surface area contributed by atoms with Crippen LogP contribution < -0.4 is 21.7 Å². The number of pyridine rings is 2. The van der Waals surface area contributed by atoms with Crippen LogP contribution in [0.5, 0.6) is 0 Å². The zero-order valence-corrected chi connectivity index (χ0v) is 21.0. The van der Waals surface area contributed by atoms with Gasteiger partial charge in [0.25, 0.3) is 5.91 Å². The summed E-state index contributed by atoms with van der Waals surface area (Å²) < 4.78 is 46.1. The maximum Gasteiger partial charge on any atom is 0.393 e. The van der Waals surface area contributed by atoms with E-state index in [2.05, 4.69) is 32.1 Å². The van der Waals surface area contributed by atoms with Gasteiger partial charge in [-0.25, -0.2) is 0 Å². The number of nitrogens with zero attached hydrogens (tertiary/aromatic N) is 5. The van der Waals surface area contributed by atoms with E-state index < -0.39 is 24.0 Å². The molecular weight excluding hydrogens is 501 g/mol. The number of amides is 1. The predicted molar refractivity (Wildman–Crippen MR) is 138 cm³/mol. The summed E-state index contributed by atoms with van der Waals surface area (Å²) in [5, 5.41) is 2.74. The van der Waals surface area contributed by atoms with Crippen molar-refractivity contribution in [1.82, 2.24) is 19.8 Å². The average Bonchev–Trinajstić information content (AvgIpc) is 3.20. The molecule has 0 aliphatic carbocycles. The van der Waals surface area contributed by atoms with Gasteiger partial charge in [-0.2, -0.15) is 13.2 Å². The molecule has 204 valence electrons. The molecule has 2 fully saturated rings. The molecule has 3 aromatic heterocycles. The summed E-state index contributed by atoms with van der Waals surface area (Å²) in [6, 6.07) is 2.72. The number of piperidine rings is 1. The van der Waals surface area contributed by atoms with Gasteiger partial charge in [-0.05, 0) is 31.2 Å². The molecule has 3 aromatic rings. The van der Waals surface area contributed by atoms with Crippen molar-refractivity contribution in [2.24, 2.45) is 11.7 Å². The lowest BCUT2D eigenvalue weighted by Crippen LogP contribution is -2.51. The van der Waals surface area contributed by atoms with Crippen LogP contribution in [-0.2, 0) is 6.54 Å². The first kappa shape index (κ1) is 26.2. The van der Waals surface area contributed by atoms with Gasteiger partial charge in [-0.15, -0.1) is 0 Å². The van der Waals surface area contributed by atoms with Gasteiger partial charge < -0.3 is 31.0 Å². The van der Waals surface area contributed by atoms with E-state index in [4.69, 9.17) is 15.9 Å². The number of nitrogens with one attached hydrogen (secondary N) is 1. The van der Waals surface area contributed by atoms with Gasteiger partial charge in [-0.3, -0.25) is 19.7 Å². The standard InChI is InChI=1S/C25H31F3N8O2/c1-34-4-6-35(7-5-34)12-15-8-20-22(32-10-15)21(23(30)38-20)24(37)33-18-11-31-3-2-19(18)36-13-16(25(26,27)28)9-17(29)14-36/h2-3,8,10-11,16-17H,4-7,9,12-14,29-30H2,1H3,(H,33,37). The minimum Gasteiger partial charge on any atom is -0.438 e. The third kappa shape index (κ3) is 5.54. The molecular formula is C25H31F3N8O2. The Kier molecular flexibility index (Phi) is 7.16. The molecule has 2 atom stereocenters. The molecule has 2 aliphatic heterocycles. The Morgan fingerprint density at radius 2 is 1.97 bits per heavy atom. The predicted octanol–water partition coefficient (Wildman–Crippen LogP) is 2.52. The summed E-state index contributed by atoms with van der Waals surface area (Å²) >= 11 is 0. The summed E-state index contributed by atoms with van der Waals surface area (Å²) in [5.41, 5.74) is 14.4. The second-order valence-electron chi connectivity index (χ2n) is 10.1. The fraction of sp³-hybridized carbons (Fsp3) is 0.480. The number of halogens is 3. The van der Waals surface area contributed by atoms with Crippen LogP contribution in [0.4, 0.5) is 30.4 Å². The SMILES string of the molecule is CN1CCN(Cc2cnc3c(C(=O)Nc4cnccc4N4CC(N)CC(C(F)(F)F)C4)c(N)oc3c2)CC1. The molecule has 5 heterocycles. The number of fused-ring (bicyclic) bond motifs is 1. The number of furan rings is 1. The van der Waals surface area contributed by atoms with Crippen LogP contribution in [-0.4, -0.2) is 84.2 Å². The molecule has 5 N–H and O–H groups in total. The van der Waals surface area contributed by atoms with Crippen LogP contribution in [0, 0.1) is 5.92 Å². The number of carbonyl (C=O) groups is 1. The van der Waals surface area contributed by atoms with Gasteiger partial charge in [0, 0.05) is 64.2 Å². The molecule has 10 nitrogen and oxygen atoms in total. The molecule has 1 amide bonds. The second-order valence-corrected chi connectivity index (χ2v) is 10.1. The molecule has 5 rings (SSSR count). The fourth-order valence-corrected chi connectivity index (χ4v) is 5.12. The first-order valence-corrected chi connectivity index (χ1v) is 12.5. The minimum absolute atomic E-state index is 0.0597. The van der Waals surface area contributed by atoms with Crippen LogP contribution in [0.2, 0.25) is 0 Å². The maximum atomic E-state index is 13.5. The minimum atomic E-state index is -4.37. The van der Waals surface area contributed by atoms with Crippen molar-refractivity contribution in [1.29, 1.82) is 0 Å². The Bertz CT molecular complexity index is 1310. The summed E-state index contributed by atoms with van der Waals surface area (Å²) in [4.78, 5) is 27.9. The van der Waals surface area contributed by atoms with Crippen LogP contribution in [0.3, 0.4) is 0 Å². The molecule has 38 heavy (non-hydrogen) atoms. The lowest BCUT2D eigenvalue weighted by molar-refractivity contribution is -0.177. The molecule has 0 bridgehead atoms. The largest absolute Gasteiger partial charge is 0.438 e. The van der Waals surface area contributed by atoms with Crippen molar-refractivity contribution in [3.63, 3.8) is 0 Å². The molecule has 13 heteroatoms. The van der Waals surface area contributed by atoms with E-state index in [-0.39, 0.29) is 36.6 Å². The van der Waals surface area contributed by atoms with Gasteiger partial charge >= 0.3 is 6.18 Å². The quantitative estimate of drug-likeness (QED) is 0.454. The van der Waals surface area contributed by atoms with E-state index in [0.29, 0.717) is 23.3 Å². The van der Waals surface area contributed by atoms with Crippen LogP contribution in [0.15, 0.2) is 35.1 Å². The van der Waals surface area contributed by atoms with E-state index in [9.17, 15) is 18.0 Å².